The van der Waals surface area contributed by atoms with E-state index in [0.29, 0.717) is 42.9 Å². The second-order valence-electron chi connectivity index (χ2n) is 12.0. The molecule has 2 heterocycles. The third kappa shape index (κ3) is 5.04. The summed E-state index contributed by atoms with van der Waals surface area (Å²) >= 11 is 1.14. The molecule has 8 rings (SSSR count). The number of aromatic nitrogens is 3. The van der Waals surface area contributed by atoms with Crippen LogP contribution < -0.4 is 5.19 Å². The quantitative estimate of drug-likeness (QED) is 0.180. The van der Waals surface area contributed by atoms with Crippen LogP contribution in [0.3, 0.4) is 0 Å². The van der Waals surface area contributed by atoms with Crippen molar-refractivity contribution in [3.63, 3.8) is 0 Å². The van der Waals surface area contributed by atoms with Gasteiger partial charge in [-0.25, -0.2) is 15.0 Å². The highest BCUT2D eigenvalue weighted by molar-refractivity contribution is 7.26. The van der Waals surface area contributed by atoms with Gasteiger partial charge in [0.25, 0.3) is 0 Å². The fourth-order valence-electron chi connectivity index (χ4n) is 5.66. The lowest BCUT2D eigenvalue weighted by molar-refractivity contribution is 1.08. The van der Waals surface area contributed by atoms with Gasteiger partial charge in [0.1, 0.15) is 0 Å². The highest BCUT2D eigenvalue weighted by atomic mass is 32.1. The van der Waals surface area contributed by atoms with Crippen molar-refractivity contribution < 1.29 is 8.22 Å². The van der Waals surface area contributed by atoms with Gasteiger partial charge in [0.15, 0.2) is 17.5 Å². The molecule has 45 heavy (non-hydrogen) atoms. The molecule has 0 fully saturated rings. The number of hydrogen-bond donors (Lipinski definition) is 0. The maximum absolute atomic E-state index is 9.53. The highest BCUT2D eigenvalue weighted by Gasteiger charge is 2.19. The molecule has 0 N–H and O–H groups in total. The normalized spacial score (nSPS) is 13.8. The van der Waals surface area contributed by atoms with Crippen LogP contribution in [0.25, 0.3) is 76.2 Å². The first-order chi connectivity index (χ1) is 24.4. The average molecular weight is 620 g/mol. The topological polar surface area (TPSA) is 38.7 Å². The zero-order valence-corrected chi connectivity index (χ0v) is 26.8. The molecule has 0 bridgehead atoms. The lowest BCUT2D eigenvalue weighted by Gasteiger charge is -2.16. The summed E-state index contributed by atoms with van der Waals surface area (Å²) in [5.41, 5.74) is 2.73. The van der Waals surface area contributed by atoms with Gasteiger partial charge in [-0.05, 0) is 34.0 Å². The van der Waals surface area contributed by atoms with Gasteiger partial charge < -0.3 is 0 Å². The molecular formula is C40H31N3SSi. The van der Waals surface area contributed by atoms with E-state index in [0.717, 1.165) is 33.2 Å². The number of nitrogens with zero attached hydrogens (tertiary/aromatic N) is 3. The largest absolute Gasteiger partial charge is 0.208 e. The number of thiophene rings is 1. The summed E-state index contributed by atoms with van der Waals surface area (Å²) in [6, 6.07) is 30.4. The molecule has 0 spiro atoms. The van der Waals surface area contributed by atoms with Gasteiger partial charge in [0.05, 0.1) is 16.3 Å². The van der Waals surface area contributed by atoms with Gasteiger partial charge in [0, 0.05) is 36.9 Å². The van der Waals surface area contributed by atoms with Gasteiger partial charge in [-0.1, -0.05) is 146 Å². The predicted octanol–water partition coefficient (Wildman–Crippen LogP) is 10.6. The Morgan fingerprint density at radius 3 is 2.07 bits per heavy atom. The molecule has 3 nitrogen and oxygen atoms in total. The Labute approximate surface area is 276 Å². The number of rotatable bonds is 5. The Bertz CT molecular complexity index is 2690. The van der Waals surface area contributed by atoms with Crippen molar-refractivity contribution in [2.45, 2.75) is 19.6 Å². The maximum Gasteiger partial charge on any atom is 0.164 e. The summed E-state index contributed by atoms with van der Waals surface area (Å²) in [6.45, 7) is 6.87. The first-order valence-electron chi connectivity index (χ1n) is 17.8. The highest BCUT2D eigenvalue weighted by Crippen LogP contribution is 2.41. The Morgan fingerprint density at radius 2 is 1.27 bits per heavy atom. The van der Waals surface area contributed by atoms with Crippen LogP contribution in [-0.2, 0) is 0 Å². The molecule has 0 aliphatic rings. The van der Waals surface area contributed by atoms with Crippen LogP contribution in [0.4, 0.5) is 0 Å². The summed E-state index contributed by atoms with van der Waals surface area (Å²) in [4.78, 5) is 14.7. The summed E-state index contributed by atoms with van der Waals surface area (Å²) in [6.07, 6.45) is 0. The van der Waals surface area contributed by atoms with Crippen LogP contribution in [0, 0.1) is 0 Å². The fraction of sp³-hybridized carbons (Fsp3) is 0.0750. The van der Waals surface area contributed by atoms with Crippen molar-refractivity contribution >= 4 is 55.5 Å². The van der Waals surface area contributed by atoms with Crippen LogP contribution in [0.2, 0.25) is 19.6 Å². The van der Waals surface area contributed by atoms with Crippen molar-refractivity contribution in [2.24, 2.45) is 0 Å². The Balaban J connectivity index is 1.43. The summed E-state index contributed by atoms with van der Waals surface area (Å²) in [5, 5.41) is 4.02. The van der Waals surface area contributed by atoms with Gasteiger partial charge in [-0.2, -0.15) is 0 Å². The van der Waals surface area contributed by atoms with Crippen molar-refractivity contribution in [1.29, 1.82) is 0 Å². The fourth-order valence-corrected chi connectivity index (χ4v) is 7.85. The van der Waals surface area contributed by atoms with Crippen LogP contribution in [0.15, 0.2) is 133 Å². The third-order valence-corrected chi connectivity index (χ3v) is 11.1. The summed E-state index contributed by atoms with van der Waals surface area (Å²) in [5.74, 6) is 0.890. The number of benzene rings is 6. The number of hydrogen-bond acceptors (Lipinski definition) is 4. The molecule has 0 atom stereocenters. The zero-order chi connectivity index (χ0) is 35.8. The molecule has 216 valence electrons. The standard InChI is InChI=1S/C40H31N3SSi/c1-45(2,3)30-22-19-28(20-23-30)38-41-39(43-40(42-38)33-17-9-14-26-13-7-8-15-31(26)33)29-21-24-34-36(25-29)44-35-18-10-16-32(37(34)35)27-11-5-4-6-12-27/h4-25H,1-3H3/i10D,16D,18D,21D,24D,25D. The third-order valence-electron chi connectivity index (χ3n) is 8.03. The van der Waals surface area contributed by atoms with Crippen molar-refractivity contribution in [1.82, 2.24) is 15.0 Å². The second kappa shape index (κ2) is 10.9. The second-order valence-corrected chi connectivity index (χ2v) is 18.1. The molecule has 6 aromatic carbocycles. The van der Waals surface area contributed by atoms with Gasteiger partial charge >= 0.3 is 0 Å². The lowest BCUT2D eigenvalue weighted by atomic mass is 9.99. The molecule has 0 aliphatic heterocycles. The van der Waals surface area contributed by atoms with Gasteiger partial charge in [-0.3, -0.25) is 0 Å². The zero-order valence-electron chi connectivity index (χ0n) is 31.0. The number of fused-ring (bicyclic) bond motifs is 4. The molecule has 0 amide bonds. The van der Waals surface area contributed by atoms with E-state index < -0.39 is 8.07 Å². The van der Waals surface area contributed by atoms with E-state index in [1.165, 1.54) is 5.19 Å². The predicted molar refractivity (Wildman–Crippen MR) is 195 cm³/mol. The minimum Gasteiger partial charge on any atom is -0.208 e. The van der Waals surface area contributed by atoms with Crippen LogP contribution in [-0.4, -0.2) is 23.0 Å². The average Bonchev–Trinajstić information content (AvgIpc) is 3.54. The molecule has 8 aromatic rings. The molecule has 2 aromatic heterocycles. The van der Waals surface area contributed by atoms with E-state index in [1.807, 2.05) is 84.9 Å². The van der Waals surface area contributed by atoms with Crippen LogP contribution in [0.5, 0.6) is 0 Å². The van der Waals surface area contributed by atoms with Gasteiger partial charge in [0.2, 0.25) is 0 Å². The smallest absolute Gasteiger partial charge is 0.164 e. The molecular weight excluding hydrogens is 583 g/mol. The molecule has 0 saturated carbocycles. The monoisotopic (exact) mass is 619 g/mol. The first-order valence-corrected chi connectivity index (χ1v) is 19.1. The molecule has 0 unspecified atom stereocenters. The first kappa shape index (κ1) is 21.7. The Morgan fingerprint density at radius 1 is 0.556 bits per heavy atom. The van der Waals surface area contributed by atoms with Crippen LogP contribution in [0.1, 0.15) is 8.22 Å². The minimum absolute atomic E-state index is 0.0428. The van der Waals surface area contributed by atoms with E-state index in [1.54, 1.807) is 0 Å². The molecule has 5 heteroatoms. The van der Waals surface area contributed by atoms with E-state index in [-0.39, 0.29) is 47.6 Å². The van der Waals surface area contributed by atoms with Crippen LogP contribution >= 0.6 is 11.3 Å². The van der Waals surface area contributed by atoms with Crippen molar-refractivity contribution in [3.05, 3.63) is 133 Å². The van der Waals surface area contributed by atoms with Crippen molar-refractivity contribution in [2.75, 3.05) is 0 Å². The minimum atomic E-state index is -1.57. The van der Waals surface area contributed by atoms with E-state index in [2.05, 4.69) is 31.8 Å². The van der Waals surface area contributed by atoms with E-state index in [4.69, 9.17) is 19.1 Å². The summed E-state index contributed by atoms with van der Waals surface area (Å²) < 4.78 is 55.3. The van der Waals surface area contributed by atoms with Gasteiger partial charge in [-0.15, -0.1) is 11.3 Å². The summed E-state index contributed by atoms with van der Waals surface area (Å²) in [7, 11) is -1.57. The Kier molecular flexibility index (Phi) is 5.24. The molecule has 0 aliphatic carbocycles. The Hall–Kier alpha value is -4.97. The van der Waals surface area contributed by atoms with E-state index >= 15 is 0 Å². The van der Waals surface area contributed by atoms with E-state index in [9.17, 15) is 4.11 Å². The molecule has 0 saturated heterocycles. The molecule has 0 radical (unpaired) electrons. The SMILES string of the molecule is [2H]c1c([2H])c(-c2ccccc2)c2c(sc3c([2H])c(-c4nc(-c5ccc([Si](C)(C)C)cc5)nc(-c5cccc6ccccc56)n4)c([2H])c([2H])c32)c1[2H]. The van der Waals surface area contributed by atoms with Crippen molar-refractivity contribution in [3.8, 4) is 45.3 Å². The maximum atomic E-state index is 9.53. The lowest BCUT2D eigenvalue weighted by Crippen LogP contribution is -2.37.